The zero-order valence-electron chi connectivity index (χ0n) is 18.0. The van der Waals surface area contributed by atoms with E-state index in [0.29, 0.717) is 22.2 Å². The maximum absolute atomic E-state index is 13.2. The number of hydrogen-bond donors (Lipinski definition) is 2. The molecule has 0 bridgehead atoms. The molecule has 1 atom stereocenters. The van der Waals surface area contributed by atoms with Crippen LogP contribution in [-0.4, -0.2) is 20.4 Å². The molecule has 0 radical (unpaired) electrons. The Morgan fingerprint density at radius 3 is 1.86 bits per heavy atom. The molecule has 192 valence electrons. The molecule has 0 spiro atoms. The first-order chi connectivity index (χ1) is 16.6. The first-order valence-electron chi connectivity index (χ1n) is 10.1. The number of alkyl halides is 6. The van der Waals surface area contributed by atoms with Gasteiger partial charge in [-0.1, -0.05) is 46.3 Å². The quantitative estimate of drug-likeness (QED) is 0.329. The fourth-order valence-electron chi connectivity index (χ4n) is 3.16. The average Bonchev–Trinajstić information content (AvgIpc) is 2.78. The van der Waals surface area contributed by atoms with Gasteiger partial charge in [0.05, 0.1) is 16.0 Å². The molecule has 13 heteroatoms. The maximum Gasteiger partial charge on any atom is 0.416 e. The summed E-state index contributed by atoms with van der Waals surface area (Å²) in [7, 11) is -4.29. The zero-order valence-corrected chi connectivity index (χ0v) is 20.4. The van der Waals surface area contributed by atoms with Crippen molar-refractivity contribution in [2.75, 3.05) is 5.32 Å². The maximum atomic E-state index is 13.2. The molecule has 2 N–H and O–H groups in total. The Hall–Kier alpha value is -2.90. The van der Waals surface area contributed by atoms with Crippen LogP contribution in [0.1, 0.15) is 16.7 Å². The topological polar surface area (TPSA) is 75.3 Å². The summed E-state index contributed by atoms with van der Waals surface area (Å²) in [5.41, 5.74) is -3.54. The summed E-state index contributed by atoms with van der Waals surface area (Å²) in [5, 5.41) is 2.00. The highest BCUT2D eigenvalue weighted by Gasteiger charge is 2.37. The Balaban J connectivity index is 1.96. The first kappa shape index (κ1) is 27.7. The van der Waals surface area contributed by atoms with Crippen LogP contribution in [0.15, 0.2) is 82.2 Å². The molecule has 3 aromatic rings. The second kappa shape index (κ2) is 10.6. The van der Waals surface area contributed by atoms with Gasteiger partial charge < -0.3 is 5.32 Å². The highest BCUT2D eigenvalue weighted by molar-refractivity contribution is 9.10. The molecule has 0 saturated carbocycles. The van der Waals surface area contributed by atoms with E-state index < -0.39 is 51.1 Å². The van der Waals surface area contributed by atoms with Crippen LogP contribution < -0.4 is 10.0 Å². The summed E-state index contributed by atoms with van der Waals surface area (Å²) in [4.78, 5) is 12.8. The zero-order chi connectivity index (χ0) is 26.7. The van der Waals surface area contributed by atoms with Crippen LogP contribution in [0.3, 0.4) is 0 Å². The number of sulfonamides is 1. The fraction of sp³-hybridized carbons (Fsp3) is 0.174. The van der Waals surface area contributed by atoms with Crippen molar-refractivity contribution in [2.45, 2.75) is 29.7 Å². The Morgan fingerprint density at radius 2 is 1.36 bits per heavy atom. The van der Waals surface area contributed by atoms with Crippen molar-refractivity contribution < 1.29 is 39.6 Å². The van der Waals surface area contributed by atoms with E-state index in [2.05, 4.69) is 20.7 Å². The minimum Gasteiger partial charge on any atom is -0.325 e. The lowest BCUT2D eigenvalue weighted by Gasteiger charge is -2.20. The molecular formula is C23H17BrF6N2O3S. The SMILES string of the molecule is O=C(Nc1cc(C(F)(F)F)cc(C(F)(F)F)c1)[C@H](Cc1ccccc1)NS(=O)(=O)c1ccc(Br)cc1. The lowest BCUT2D eigenvalue weighted by molar-refractivity contribution is -0.143. The van der Waals surface area contributed by atoms with Crippen LogP contribution in [0.2, 0.25) is 0 Å². The summed E-state index contributed by atoms with van der Waals surface area (Å²) in [5.74, 6) is -1.15. The van der Waals surface area contributed by atoms with Gasteiger partial charge >= 0.3 is 12.4 Å². The molecule has 0 aliphatic carbocycles. The van der Waals surface area contributed by atoms with Gasteiger partial charge in [-0.2, -0.15) is 31.1 Å². The monoisotopic (exact) mass is 594 g/mol. The molecule has 0 heterocycles. The van der Waals surface area contributed by atoms with E-state index in [9.17, 15) is 39.6 Å². The molecule has 0 aliphatic rings. The number of hydrogen-bond acceptors (Lipinski definition) is 3. The fourth-order valence-corrected chi connectivity index (χ4v) is 4.62. The number of nitrogens with one attached hydrogen (secondary N) is 2. The minimum atomic E-state index is -5.12. The third kappa shape index (κ3) is 7.31. The minimum absolute atomic E-state index is 0.0760. The van der Waals surface area contributed by atoms with E-state index in [1.807, 2.05) is 5.32 Å². The molecule has 1 amide bonds. The lowest BCUT2D eigenvalue weighted by Crippen LogP contribution is -2.45. The summed E-state index contributed by atoms with van der Waals surface area (Å²) in [6.07, 6.45) is -10.5. The van der Waals surface area contributed by atoms with Crippen molar-refractivity contribution >= 4 is 37.5 Å². The predicted molar refractivity (Wildman–Crippen MR) is 123 cm³/mol. The third-order valence-corrected chi connectivity index (χ3v) is 6.89. The van der Waals surface area contributed by atoms with Crippen molar-refractivity contribution in [3.05, 3.63) is 94.0 Å². The van der Waals surface area contributed by atoms with Gasteiger partial charge in [0.2, 0.25) is 15.9 Å². The molecule has 0 fully saturated rings. The van der Waals surface area contributed by atoms with E-state index in [4.69, 9.17) is 0 Å². The van der Waals surface area contributed by atoms with Crippen molar-refractivity contribution in [1.82, 2.24) is 4.72 Å². The van der Waals surface area contributed by atoms with E-state index in [-0.39, 0.29) is 17.4 Å². The predicted octanol–water partition coefficient (Wildman–Crippen LogP) is 6.02. The van der Waals surface area contributed by atoms with Gasteiger partial charge in [-0.25, -0.2) is 8.42 Å². The Bertz CT molecular complexity index is 1300. The molecule has 0 aromatic heterocycles. The van der Waals surface area contributed by atoms with Gasteiger partial charge in [-0.15, -0.1) is 0 Å². The number of halogens is 7. The van der Waals surface area contributed by atoms with E-state index in [0.717, 1.165) is 0 Å². The molecule has 3 rings (SSSR count). The van der Waals surface area contributed by atoms with Crippen LogP contribution in [0.4, 0.5) is 32.0 Å². The Labute approximate surface area is 210 Å². The number of anilines is 1. The molecular weight excluding hydrogens is 578 g/mol. The number of carbonyl (C=O) groups excluding carboxylic acids is 1. The summed E-state index contributed by atoms with van der Waals surface area (Å²) in [6.45, 7) is 0. The summed E-state index contributed by atoms with van der Waals surface area (Å²) < 4.78 is 108. The van der Waals surface area contributed by atoms with Crippen LogP contribution in [-0.2, 0) is 33.6 Å². The second-order valence-electron chi connectivity index (χ2n) is 7.60. The van der Waals surface area contributed by atoms with Crippen LogP contribution in [0.5, 0.6) is 0 Å². The molecule has 5 nitrogen and oxygen atoms in total. The summed E-state index contributed by atoms with van der Waals surface area (Å²) >= 11 is 3.17. The van der Waals surface area contributed by atoms with Gasteiger partial charge in [-0.05, 0) is 54.4 Å². The van der Waals surface area contributed by atoms with Crippen molar-refractivity contribution in [2.24, 2.45) is 0 Å². The third-order valence-electron chi connectivity index (χ3n) is 4.88. The van der Waals surface area contributed by atoms with Gasteiger partial charge in [0.1, 0.15) is 6.04 Å². The highest BCUT2D eigenvalue weighted by atomic mass is 79.9. The second-order valence-corrected chi connectivity index (χ2v) is 10.2. The largest absolute Gasteiger partial charge is 0.416 e. The van der Waals surface area contributed by atoms with Crippen molar-refractivity contribution in [1.29, 1.82) is 0 Å². The van der Waals surface area contributed by atoms with Crippen LogP contribution >= 0.6 is 15.9 Å². The summed E-state index contributed by atoms with van der Waals surface area (Å²) in [6, 6.07) is 12.5. The Morgan fingerprint density at radius 1 is 0.833 bits per heavy atom. The van der Waals surface area contributed by atoms with Crippen LogP contribution in [0, 0.1) is 0 Å². The molecule has 0 saturated heterocycles. The van der Waals surface area contributed by atoms with Gasteiger partial charge in [0, 0.05) is 10.2 Å². The number of carbonyl (C=O) groups is 1. The number of benzene rings is 3. The number of amides is 1. The highest BCUT2D eigenvalue weighted by Crippen LogP contribution is 2.37. The van der Waals surface area contributed by atoms with E-state index in [1.165, 1.54) is 24.3 Å². The number of rotatable bonds is 7. The van der Waals surface area contributed by atoms with Gasteiger partial charge in [0.15, 0.2) is 0 Å². The van der Waals surface area contributed by atoms with Crippen molar-refractivity contribution in [3.8, 4) is 0 Å². The molecule has 3 aromatic carbocycles. The van der Waals surface area contributed by atoms with Crippen molar-refractivity contribution in [3.63, 3.8) is 0 Å². The van der Waals surface area contributed by atoms with Gasteiger partial charge in [-0.3, -0.25) is 4.79 Å². The smallest absolute Gasteiger partial charge is 0.325 e. The standard InChI is InChI=1S/C23H17BrF6N2O3S/c24-17-6-8-19(9-7-17)36(34,35)32-20(10-14-4-2-1-3-5-14)21(33)31-18-12-15(22(25,26)27)11-16(13-18)23(28,29)30/h1-9,11-13,20,32H,10H2,(H,31,33)/t20-/m0/s1. The molecule has 36 heavy (non-hydrogen) atoms. The first-order valence-corrected chi connectivity index (χ1v) is 12.3. The normalized spacial score (nSPS) is 13.3. The average molecular weight is 595 g/mol. The van der Waals surface area contributed by atoms with E-state index >= 15 is 0 Å². The molecule has 0 aliphatic heterocycles. The van der Waals surface area contributed by atoms with Crippen LogP contribution in [0.25, 0.3) is 0 Å². The molecule has 0 unspecified atom stereocenters. The van der Waals surface area contributed by atoms with E-state index in [1.54, 1.807) is 30.3 Å². The lowest BCUT2D eigenvalue weighted by atomic mass is 10.1. The Kier molecular flexibility index (Phi) is 8.16. The van der Waals surface area contributed by atoms with Gasteiger partial charge in [0.25, 0.3) is 0 Å².